The molecule has 0 aromatic heterocycles. The minimum Gasteiger partial charge on any atom is -0.494 e. The van der Waals surface area contributed by atoms with Gasteiger partial charge in [-0.2, -0.15) is 0 Å². The number of benzene rings is 2. The van der Waals surface area contributed by atoms with E-state index in [9.17, 15) is 4.79 Å². The topological polar surface area (TPSA) is 52.3 Å². The molecule has 0 radical (unpaired) electrons. The highest BCUT2D eigenvalue weighted by atomic mass is 16.5. The van der Waals surface area contributed by atoms with Crippen molar-refractivity contribution in [1.82, 2.24) is 0 Å². The standard InChI is InChI=1S/C18H21NO2/c1-3-11-21-14-9-10-15(13(4-2)12-14)18(20)16-7-5-6-8-17(16)19/h5-10,12H,3-4,11,19H2,1-2H3. The predicted octanol–water partition coefficient (Wildman–Crippen LogP) is 3.85. The molecule has 21 heavy (non-hydrogen) atoms. The first-order chi connectivity index (χ1) is 10.2. The molecule has 0 bridgehead atoms. The molecule has 0 aliphatic rings. The number of carbonyl (C=O) groups excluding carboxylic acids is 1. The number of carbonyl (C=O) groups is 1. The number of hydrogen-bond acceptors (Lipinski definition) is 3. The van der Waals surface area contributed by atoms with Crippen LogP contribution in [-0.4, -0.2) is 12.4 Å². The fourth-order valence-electron chi connectivity index (χ4n) is 2.24. The molecule has 3 nitrogen and oxygen atoms in total. The number of rotatable bonds is 6. The molecule has 2 N–H and O–H groups in total. The maximum absolute atomic E-state index is 12.7. The number of nitrogen functional groups attached to an aromatic ring is 1. The van der Waals surface area contributed by atoms with E-state index in [4.69, 9.17) is 10.5 Å². The van der Waals surface area contributed by atoms with Crippen LogP contribution >= 0.6 is 0 Å². The fourth-order valence-corrected chi connectivity index (χ4v) is 2.24. The van der Waals surface area contributed by atoms with Crippen molar-refractivity contribution in [1.29, 1.82) is 0 Å². The molecule has 110 valence electrons. The van der Waals surface area contributed by atoms with Crippen LogP contribution in [0, 0.1) is 0 Å². The summed E-state index contributed by atoms with van der Waals surface area (Å²) >= 11 is 0. The number of para-hydroxylation sites is 1. The van der Waals surface area contributed by atoms with Gasteiger partial charge in [0.25, 0.3) is 0 Å². The summed E-state index contributed by atoms with van der Waals surface area (Å²) in [5, 5.41) is 0. The summed E-state index contributed by atoms with van der Waals surface area (Å²) in [5.41, 5.74) is 8.64. The minimum absolute atomic E-state index is 0.0352. The lowest BCUT2D eigenvalue weighted by atomic mass is 9.96. The van der Waals surface area contributed by atoms with E-state index in [1.807, 2.05) is 37.3 Å². The molecule has 2 aromatic rings. The molecule has 0 heterocycles. The third-order valence-corrected chi connectivity index (χ3v) is 3.38. The van der Waals surface area contributed by atoms with E-state index in [-0.39, 0.29) is 5.78 Å². The molecule has 0 aliphatic heterocycles. The summed E-state index contributed by atoms with van der Waals surface area (Å²) in [6.45, 7) is 4.78. The second kappa shape index (κ2) is 6.93. The van der Waals surface area contributed by atoms with Crippen molar-refractivity contribution in [2.75, 3.05) is 12.3 Å². The Balaban J connectivity index is 2.35. The largest absolute Gasteiger partial charge is 0.494 e. The van der Waals surface area contributed by atoms with Gasteiger partial charge in [-0.25, -0.2) is 0 Å². The Labute approximate surface area is 125 Å². The second-order valence-electron chi connectivity index (χ2n) is 4.94. The second-order valence-corrected chi connectivity index (χ2v) is 4.94. The van der Waals surface area contributed by atoms with Crippen molar-refractivity contribution >= 4 is 11.5 Å². The minimum atomic E-state index is -0.0352. The molecule has 2 aromatic carbocycles. The molecule has 0 atom stereocenters. The number of ether oxygens (including phenoxy) is 1. The van der Waals surface area contributed by atoms with Gasteiger partial charge in [0.05, 0.1) is 6.61 Å². The molecular formula is C18H21NO2. The molecule has 0 amide bonds. The lowest BCUT2D eigenvalue weighted by Crippen LogP contribution is -2.08. The molecule has 0 saturated heterocycles. The number of aryl methyl sites for hydroxylation is 1. The molecule has 3 heteroatoms. The van der Waals surface area contributed by atoms with E-state index in [1.165, 1.54) is 0 Å². The molecular weight excluding hydrogens is 262 g/mol. The number of nitrogens with two attached hydrogens (primary N) is 1. The van der Waals surface area contributed by atoms with Crippen molar-refractivity contribution < 1.29 is 9.53 Å². The Morgan fingerprint density at radius 2 is 1.86 bits per heavy atom. The number of hydrogen-bond donors (Lipinski definition) is 1. The van der Waals surface area contributed by atoms with Crippen LogP contribution in [0.2, 0.25) is 0 Å². The quantitative estimate of drug-likeness (QED) is 0.647. The van der Waals surface area contributed by atoms with Gasteiger partial charge >= 0.3 is 0 Å². The normalized spacial score (nSPS) is 10.4. The van der Waals surface area contributed by atoms with Crippen LogP contribution in [0.1, 0.15) is 41.8 Å². The summed E-state index contributed by atoms with van der Waals surface area (Å²) in [7, 11) is 0. The van der Waals surface area contributed by atoms with Crippen molar-refractivity contribution in [2.24, 2.45) is 0 Å². The van der Waals surface area contributed by atoms with Crippen LogP contribution in [0.15, 0.2) is 42.5 Å². The van der Waals surface area contributed by atoms with E-state index >= 15 is 0 Å². The molecule has 0 spiro atoms. The summed E-state index contributed by atoms with van der Waals surface area (Å²) in [5.74, 6) is 0.776. The van der Waals surface area contributed by atoms with Gasteiger partial charge in [-0.3, -0.25) is 4.79 Å². The fraction of sp³-hybridized carbons (Fsp3) is 0.278. The Morgan fingerprint density at radius 3 is 2.52 bits per heavy atom. The zero-order valence-electron chi connectivity index (χ0n) is 12.6. The van der Waals surface area contributed by atoms with Gasteiger partial charge in [0, 0.05) is 16.8 Å². The van der Waals surface area contributed by atoms with Crippen LogP contribution in [0.5, 0.6) is 5.75 Å². The number of ketones is 1. The highest BCUT2D eigenvalue weighted by molar-refractivity contribution is 6.12. The van der Waals surface area contributed by atoms with Crippen LogP contribution in [0.25, 0.3) is 0 Å². The zero-order valence-corrected chi connectivity index (χ0v) is 12.6. The van der Waals surface area contributed by atoms with Crippen LogP contribution in [-0.2, 0) is 6.42 Å². The van der Waals surface area contributed by atoms with E-state index in [0.29, 0.717) is 23.4 Å². The number of anilines is 1. The maximum atomic E-state index is 12.7. The SMILES string of the molecule is CCCOc1ccc(C(=O)c2ccccc2N)c(CC)c1. The molecule has 2 rings (SSSR count). The van der Waals surface area contributed by atoms with Crippen LogP contribution < -0.4 is 10.5 Å². The highest BCUT2D eigenvalue weighted by Crippen LogP contribution is 2.23. The van der Waals surface area contributed by atoms with Crippen molar-refractivity contribution in [3.63, 3.8) is 0 Å². The monoisotopic (exact) mass is 283 g/mol. The van der Waals surface area contributed by atoms with Gasteiger partial charge in [0.15, 0.2) is 5.78 Å². The van der Waals surface area contributed by atoms with E-state index in [0.717, 1.165) is 24.2 Å². The molecule has 0 unspecified atom stereocenters. The van der Waals surface area contributed by atoms with Crippen LogP contribution in [0.3, 0.4) is 0 Å². The predicted molar refractivity (Wildman–Crippen MR) is 85.9 cm³/mol. The summed E-state index contributed by atoms with van der Waals surface area (Å²) in [6.07, 6.45) is 1.74. The zero-order chi connectivity index (χ0) is 15.2. The van der Waals surface area contributed by atoms with Crippen molar-refractivity contribution in [3.05, 3.63) is 59.2 Å². The maximum Gasteiger partial charge on any atom is 0.195 e. The third-order valence-electron chi connectivity index (χ3n) is 3.38. The smallest absolute Gasteiger partial charge is 0.195 e. The van der Waals surface area contributed by atoms with E-state index in [2.05, 4.69) is 6.92 Å². The first-order valence-electron chi connectivity index (χ1n) is 7.32. The molecule has 0 aliphatic carbocycles. The van der Waals surface area contributed by atoms with E-state index in [1.54, 1.807) is 12.1 Å². The lowest BCUT2D eigenvalue weighted by molar-refractivity contribution is 0.103. The summed E-state index contributed by atoms with van der Waals surface area (Å²) < 4.78 is 5.63. The summed E-state index contributed by atoms with van der Waals surface area (Å²) in [6, 6.07) is 12.8. The first kappa shape index (κ1) is 15.1. The Hall–Kier alpha value is -2.29. The summed E-state index contributed by atoms with van der Waals surface area (Å²) in [4.78, 5) is 12.7. The van der Waals surface area contributed by atoms with Gasteiger partial charge in [-0.15, -0.1) is 0 Å². The third kappa shape index (κ3) is 3.43. The van der Waals surface area contributed by atoms with E-state index < -0.39 is 0 Å². The Kier molecular flexibility index (Phi) is 4.99. The average Bonchev–Trinajstić information content (AvgIpc) is 2.52. The van der Waals surface area contributed by atoms with Crippen LogP contribution in [0.4, 0.5) is 5.69 Å². The average molecular weight is 283 g/mol. The van der Waals surface area contributed by atoms with Gasteiger partial charge < -0.3 is 10.5 Å². The molecule has 0 fully saturated rings. The van der Waals surface area contributed by atoms with Gasteiger partial charge in [0.2, 0.25) is 0 Å². The molecule has 0 saturated carbocycles. The first-order valence-corrected chi connectivity index (χ1v) is 7.32. The highest BCUT2D eigenvalue weighted by Gasteiger charge is 2.15. The van der Waals surface area contributed by atoms with Crippen molar-refractivity contribution in [3.8, 4) is 5.75 Å². The van der Waals surface area contributed by atoms with Crippen molar-refractivity contribution in [2.45, 2.75) is 26.7 Å². The van der Waals surface area contributed by atoms with Gasteiger partial charge in [0.1, 0.15) is 5.75 Å². The Morgan fingerprint density at radius 1 is 1.10 bits per heavy atom. The Bertz CT molecular complexity index is 635. The lowest BCUT2D eigenvalue weighted by Gasteiger charge is -2.11. The van der Waals surface area contributed by atoms with Gasteiger partial charge in [-0.1, -0.05) is 26.0 Å². The van der Waals surface area contributed by atoms with Gasteiger partial charge in [-0.05, 0) is 48.7 Å².